The summed E-state index contributed by atoms with van der Waals surface area (Å²) < 4.78 is 5.20. The Morgan fingerprint density at radius 1 is 1.25 bits per heavy atom. The van der Waals surface area contributed by atoms with Crippen LogP contribution in [0.3, 0.4) is 0 Å². The van der Waals surface area contributed by atoms with Gasteiger partial charge in [0, 0.05) is 24.4 Å². The number of ether oxygens (including phenoxy) is 1. The van der Waals surface area contributed by atoms with Crippen LogP contribution in [0.5, 0.6) is 5.75 Å². The minimum atomic E-state index is 0.662. The summed E-state index contributed by atoms with van der Waals surface area (Å²) in [7, 11) is 1.64. The molecule has 0 aliphatic carbocycles. The molecule has 0 amide bonds. The van der Waals surface area contributed by atoms with Crippen molar-refractivity contribution in [3.8, 4) is 5.75 Å². The summed E-state index contributed by atoms with van der Waals surface area (Å²) in [6.07, 6.45) is 1.78. The van der Waals surface area contributed by atoms with Crippen LogP contribution in [-0.4, -0.2) is 23.6 Å². The highest BCUT2D eigenvalue weighted by molar-refractivity contribution is 5.60. The van der Waals surface area contributed by atoms with Crippen LogP contribution in [0.4, 0.5) is 17.3 Å². The molecule has 0 aliphatic rings. The zero-order chi connectivity index (χ0) is 14.4. The van der Waals surface area contributed by atoms with Crippen molar-refractivity contribution in [3.05, 3.63) is 48.8 Å². The predicted octanol–water partition coefficient (Wildman–Crippen LogP) is 3.14. The molecular formula is C15H18N4O. The fourth-order valence-corrected chi connectivity index (χ4v) is 1.75. The van der Waals surface area contributed by atoms with Gasteiger partial charge >= 0.3 is 0 Å². The van der Waals surface area contributed by atoms with Crippen LogP contribution in [0.1, 0.15) is 5.82 Å². The van der Waals surface area contributed by atoms with E-state index in [1.54, 1.807) is 13.2 Å². The molecule has 0 aliphatic heterocycles. The summed E-state index contributed by atoms with van der Waals surface area (Å²) in [5.41, 5.74) is 0.914. The lowest BCUT2D eigenvalue weighted by Crippen LogP contribution is -2.04. The standard InChI is InChI=1S/C15H18N4O/c1-4-8-16-14-10-15(18-11(2)17-14)19-12-6-5-7-13(9-12)20-3/h4-7,9-10H,1,8H2,2-3H3,(H2,16,17,18,19). The molecular weight excluding hydrogens is 252 g/mol. The fraction of sp³-hybridized carbons (Fsp3) is 0.200. The van der Waals surface area contributed by atoms with E-state index in [1.807, 2.05) is 37.3 Å². The molecule has 2 N–H and O–H groups in total. The topological polar surface area (TPSA) is 59.1 Å². The lowest BCUT2D eigenvalue weighted by molar-refractivity contribution is 0.415. The minimum Gasteiger partial charge on any atom is -0.497 e. The van der Waals surface area contributed by atoms with Gasteiger partial charge in [-0.25, -0.2) is 9.97 Å². The van der Waals surface area contributed by atoms with E-state index >= 15 is 0 Å². The molecule has 1 aromatic carbocycles. The van der Waals surface area contributed by atoms with Gasteiger partial charge in [-0.3, -0.25) is 0 Å². The maximum absolute atomic E-state index is 5.20. The quantitative estimate of drug-likeness (QED) is 0.790. The van der Waals surface area contributed by atoms with Gasteiger partial charge in [0.25, 0.3) is 0 Å². The van der Waals surface area contributed by atoms with Gasteiger partial charge in [0.2, 0.25) is 0 Å². The van der Waals surface area contributed by atoms with Crippen LogP contribution in [0.15, 0.2) is 43.0 Å². The summed E-state index contributed by atoms with van der Waals surface area (Å²) in [6, 6.07) is 9.54. The highest BCUT2D eigenvalue weighted by atomic mass is 16.5. The maximum Gasteiger partial charge on any atom is 0.136 e. The van der Waals surface area contributed by atoms with Crippen molar-refractivity contribution in [2.75, 3.05) is 24.3 Å². The van der Waals surface area contributed by atoms with Crippen LogP contribution in [-0.2, 0) is 0 Å². The highest BCUT2D eigenvalue weighted by Gasteiger charge is 2.02. The SMILES string of the molecule is C=CCNc1cc(Nc2cccc(OC)c2)nc(C)n1. The van der Waals surface area contributed by atoms with E-state index in [4.69, 9.17) is 4.74 Å². The molecule has 1 heterocycles. The highest BCUT2D eigenvalue weighted by Crippen LogP contribution is 2.21. The number of nitrogens with zero attached hydrogens (tertiary/aromatic N) is 2. The number of aromatic nitrogens is 2. The smallest absolute Gasteiger partial charge is 0.136 e. The Labute approximate surface area is 118 Å². The number of hydrogen-bond donors (Lipinski definition) is 2. The van der Waals surface area contributed by atoms with Crippen molar-refractivity contribution >= 4 is 17.3 Å². The number of rotatable bonds is 6. The first kappa shape index (κ1) is 13.9. The summed E-state index contributed by atoms with van der Waals surface area (Å²) in [4.78, 5) is 8.68. The molecule has 0 bridgehead atoms. The van der Waals surface area contributed by atoms with Gasteiger partial charge in [-0.1, -0.05) is 12.1 Å². The summed E-state index contributed by atoms with van der Waals surface area (Å²) in [5, 5.41) is 6.39. The van der Waals surface area contributed by atoms with Crippen molar-refractivity contribution < 1.29 is 4.74 Å². The molecule has 5 nitrogen and oxygen atoms in total. The van der Waals surface area contributed by atoms with Gasteiger partial charge in [0.1, 0.15) is 23.2 Å². The van der Waals surface area contributed by atoms with E-state index in [0.717, 1.165) is 23.1 Å². The summed E-state index contributed by atoms with van der Waals surface area (Å²) in [6.45, 7) is 6.19. The monoisotopic (exact) mass is 270 g/mol. The lowest BCUT2D eigenvalue weighted by atomic mass is 10.3. The normalized spacial score (nSPS) is 9.90. The number of benzene rings is 1. The molecule has 0 unspecified atom stereocenters. The average Bonchev–Trinajstić information content (AvgIpc) is 2.44. The van der Waals surface area contributed by atoms with Gasteiger partial charge in [0.15, 0.2) is 0 Å². The Bertz CT molecular complexity index is 598. The third-order valence-electron chi connectivity index (χ3n) is 2.61. The van der Waals surface area contributed by atoms with Crippen molar-refractivity contribution in [1.29, 1.82) is 0 Å². The number of anilines is 3. The second kappa shape index (κ2) is 6.56. The van der Waals surface area contributed by atoms with Crippen molar-refractivity contribution in [2.45, 2.75) is 6.92 Å². The van der Waals surface area contributed by atoms with Crippen molar-refractivity contribution in [1.82, 2.24) is 9.97 Å². The maximum atomic E-state index is 5.20. The molecule has 0 saturated carbocycles. The van der Waals surface area contributed by atoms with E-state index < -0.39 is 0 Å². The third-order valence-corrected chi connectivity index (χ3v) is 2.61. The van der Waals surface area contributed by atoms with E-state index in [1.165, 1.54) is 0 Å². The largest absolute Gasteiger partial charge is 0.497 e. The van der Waals surface area contributed by atoms with E-state index in [-0.39, 0.29) is 0 Å². The molecule has 2 aromatic rings. The van der Waals surface area contributed by atoms with Gasteiger partial charge < -0.3 is 15.4 Å². The van der Waals surface area contributed by atoms with Crippen molar-refractivity contribution in [3.63, 3.8) is 0 Å². The molecule has 0 atom stereocenters. The van der Waals surface area contributed by atoms with Gasteiger partial charge in [0.05, 0.1) is 7.11 Å². The first-order valence-corrected chi connectivity index (χ1v) is 6.33. The van der Waals surface area contributed by atoms with Crippen LogP contribution < -0.4 is 15.4 Å². The zero-order valence-electron chi connectivity index (χ0n) is 11.7. The minimum absolute atomic E-state index is 0.662. The van der Waals surface area contributed by atoms with E-state index in [2.05, 4.69) is 27.2 Å². The Kier molecular flexibility index (Phi) is 4.55. The third kappa shape index (κ3) is 3.71. The molecule has 5 heteroatoms. The summed E-state index contributed by atoms with van der Waals surface area (Å²) >= 11 is 0. The van der Waals surface area contributed by atoms with Gasteiger partial charge in [-0.05, 0) is 19.1 Å². The van der Waals surface area contributed by atoms with Gasteiger partial charge in [-0.2, -0.15) is 0 Å². The average molecular weight is 270 g/mol. The summed E-state index contributed by atoms with van der Waals surface area (Å²) in [5.74, 6) is 3.00. The van der Waals surface area contributed by atoms with Crippen LogP contribution >= 0.6 is 0 Å². The van der Waals surface area contributed by atoms with E-state index in [9.17, 15) is 0 Å². The molecule has 104 valence electrons. The molecule has 0 radical (unpaired) electrons. The molecule has 0 fully saturated rings. The number of methoxy groups -OCH3 is 1. The zero-order valence-corrected chi connectivity index (χ0v) is 11.7. The predicted molar refractivity (Wildman–Crippen MR) is 81.7 cm³/mol. The first-order valence-electron chi connectivity index (χ1n) is 6.33. The second-order valence-electron chi connectivity index (χ2n) is 4.21. The Balaban J connectivity index is 2.19. The Hall–Kier alpha value is -2.56. The van der Waals surface area contributed by atoms with Crippen LogP contribution in [0.25, 0.3) is 0 Å². The van der Waals surface area contributed by atoms with E-state index in [0.29, 0.717) is 12.4 Å². The Morgan fingerprint density at radius 3 is 2.80 bits per heavy atom. The second-order valence-corrected chi connectivity index (χ2v) is 4.21. The molecule has 0 saturated heterocycles. The van der Waals surface area contributed by atoms with Crippen LogP contribution in [0, 0.1) is 6.92 Å². The molecule has 2 rings (SSSR count). The molecule has 1 aromatic heterocycles. The Morgan fingerprint density at radius 2 is 2.05 bits per heavy atom. The first-order chi connectivity index (χ1) is 9.71. The number of hydrogen-bond acceptors (Lipinski definition) is 5. The number of aryl methyl sites for hydroxylation is 1. The fourth-order valence-electron chi connectivity index (χ4n) is 1.75. The lowest BCUT2D eigenvalue weighted by Gasteiger charge is -2.10. The molecule has 20 heavy (non-hydrogen) atoms. The van der Waals surface area contributed by atoms with Crippen molar-refractivity contribution in [2.24, 2.45) is 0 Å². The molecule has 0 spiro atoms. The number of nitrogens with one attached hydrogen (secondary N) is 2. The van der Waals surface area contributed by atoms with Crippen LogP contribution in [0.2, 0.25) is 0 Å². The van der Waals surface area contributed by atoms with Gasteiger partial charge in [-0.15, -0.1) is 6.58 Å².